The molecular weight excluding hydrogens is 236 g/mol. The second kappa shape index (κ2) is 6.51. The Hall–Kier alpha value is -2.21. The molecule has 0 aliphatic carbocycles. The van der Waals surface area contributed by atoms with Crippen LogP contribution in [0.2, 0.25) is 0 Å². The third-order valence-corrected chi connectivity index (χ3v) is 2.36. The molecule has 4 N–H and O–H groups in total. The fourth-order valence-corrected chi connectivity index (χ4v) is 1.34. The third-order valence-electron chi connectivity index (χ3n) is 2.36. The van der Waals surface area contributed by atoms with Crippen molar-refractivity contribution in [2.24, 2.45) is 5.73 Å². The summed E-state index contributed by atoms with van der Waals surface area (Å²) in [5.74, 6) is -1.52. The molecule has 1 atom stereocenters. The van der Waals surface area contributed by atoms with Gasteiger partial charge in [0.25, 0.3) is 0 Å². The monoisotopic (exact) mass is 250 g/mol. The van der Waals surface area contributed by atoms with Crippen LogP contribution in [-0.4, -0.2) is 29.3 Å². The quantitative estimate of drug-likeness (QED) is 0.641. The lowest BCUT2D eigenvalue weighted by molar-refractivity contribution is -0.138. The number of amides is 1. The Balaban J connectivity index is 2.54. The highest BCUT2D eigenvalue weighted by Crippen LogP contribution is 2.13. The molecule has 6 nitrogen and oxygen atoms in total. The number of nitrogens with one attached hydrogen (secondary N) is 1. The number of carboxylic acids is 1. The Morgan fingerprint density at radius 1 is 1.39 bits per heavy atom. The van der Waals surface area contributed by atoms with Gasteiger partial charge in [0, 0.05) is 12.0 Å². The number of hydrogen-bond acceptors (Lipinski definition) is 4. The molecular formula is C12H14N2O4. The first-order chi connectivity index (χ1) is 8.54. The second-order valence-corrected chi connectivity index (χ2v) is 3.74. The Bertz CT molecular complexity index is 459. The zero-order valence-corrected chi connectivity index (χ0v) is 9.63. The Morgan fingerprint density at radius 2 is 2.06 bits per heavy atom. The summed E-state index contributed by atoms with van der Waals surface area (Å²) >= 11 is 0. The van der Waals surface area contributed by atoms with Crippen molar-refractivity contribution in [2.75, 3.05) is 5.32 Å². The van der Waals surface area contributed by atoms with E-state index in [1.165, 1.54) is 0 Å². The summed E-state index contributed by atoms with van der Waals surface area (Å²) in [6.07, 6.45) is 0.670. The summed E-state index contributed by atoms with van der Waals surface area (Å²) in [5, 5.41) is 11.1. The number of carbonyl (C=O) groups is 3. The zero-order valence-electron chi connectivity index (χ0n) is 9.63. The van der Waals surface area contributed by atoms with Crippen LogP contribution in [0.1, 0.15) is 23.2 Å². The van der Waals surface area contributed by atoms with Gasteiger partial charge in [-0.25, -0.2) is 0 Å². The maximum atomic E-state index is 11.5. The van der Waals surface area contributed by atoms with Crippen molar-refractivity contribution >= 4 is 23.9 Å². The lowest BCUT2D eigenvalue weighted by Gasteiger charge is -2.08. The maximum Gasteiger partial charge on any atom is 0.320 e. The number of para-hydroxylation sites is 1. The minimum Gasteiger partial charge on any atom is -0.480 e. The molecule has 0 bridgehead atoms. The van der Waals surface area contributed by atoms with Crippen LogP contribution in [0.15, 0.2) is 24.3 Å². The summed E-state index contributed by atoms with van der Waals surface area (Å²) in [6, 6.07) is 5.48. The minimum absolute atomic E-state index is 0.0132. The number of hydrogen-bond donors (Lipinski definition) is 3. The number of carboxylic acid groups (broad SMARTS) is 1. The van der Waals surface area contributed by atoms with Gasteiger partial charge in [0.15, 0.2) is 6.29 Å². The number of aliphatic carboxylic acids is 1. The van der Waals surface area contributed by atoms with Gasteiger partial charge in [-0.3, -0.25) is 14.4 Å². The van der Waals surface area contributed by atoms with E-state index in [1.807, 2.05) is 0 Å². The second-order valence-electron chi connectivity index (χ2n) is 3.74. The zero-order chi connectivity index (χ0) is 13.5. The van der Waals surface area contributed by atoms with Crippen molar-refractivity contribution in [3.8, 4) is 0 Å². The first-order valence-corrected chi connectivity index (χ1v) is 5.37. The highest BCUT2D eigenvalue weighted by Gasteiger charge is 2.14. The molecule has 0 fully saturated rings. The minimum atomic E-state index is -1.14. The molecule has 0 saturated heterocycles. The molecule has 6 heteroatoms. The van der Waals surface area contributed by atoms with Gasteiger partial charge in [0.1, 0.15) is 6.04 Å². The molecule has 1 aromatic carbocycles. The Kier molecular flexibility index (Phi) is 5.01. The van der Waals surface area contributed by atoms with Crippen molar-refractivity contribution in [3.05, 3.63) is 29.8 Å². The summed E-state index contributed by atoms with van der Waals surface area (Å²) in [7, 11) is 0. The summed E-state index contributed by atoms with van der Waals surface area (Å²) in [5.41, 5.74) is 6.05. The first kappa shape index (κ1) is 13.9. The summed E-state index contributed by atoms with van der Waals surface area (Å²) < 4.78 is 0. The first-order valence-electron chi connectivity index (χ1n) is 5.37. The van der Waals surface area contributed by atoms with Crippen LogP contribution in [0.25, 0.3) is 0 Å². The fraction of sp³-hybridized carbons (Fsp3) is 0.250. The molecule has 0 spiro atoms. The van der Waals surface area contributed by atoms with Crippen LogP contribution in [0.5, 0.6) is 0 Å². The lowest BCUT2D eigenvalue weighted by atomic mass is 10.1. The molecule has 1 aromatic rings. The molecule has 96 valence electrons. The SMILES string of the molecule is N[C@H](CCC(=O)Nc1ccccc1C=O)C(=O)O. The van der Waals surface area contributed by atoms with Crippen LogP contribution in [-0.2, 0) is 9.59 Å². The van der Waals surface area contributed by atoms with Crippen molar-refractivity contribution in [1.82, 2.24) is 0 Å². The van der Waals surface area contributed by atoms with E-state index in [0.29, 0.717) is 17.5 Å². The molecule has 1 amide bonds. The summed E-state index contributed by atoms with van der Waals surface area (Å²) in [4.78, 5) is 32.7. The topological polar surface area (TPSA) is 109 Å². The highest BCUT2D eigenvalue weighted by atomic mass is 16.4. The van der Waals surface area contributed by atoms with Gasteiger partial charge in [-0.05, 0) is 18.6 Å². The van der Waals surface area contributed by atoms with Crippen LogP contribution in [0, 0.1) is 0 Å². The van der Waals surface area contributed by atoms with Crippen LogP contribution in [0.4, 0.5) is 5.69 Å². The van der Waals surface area contributed by atoms with E-state index in [1.54, 1.807) is 24.3 Å². The molecule has 0 aliphatic heterocycles. The van der Waals surface area contributed by atoms with Gasteiger partial charge in [0.05, 0.1) is 5.69 Å². The van der Waals surface area contributed by atoms with Crippen LogP contribution < -0.4 is 11.1 Å². The van der Waals surface area contributed by atoms with Crippen molar-refractivity contribution in [2.45, 2.75) is 18.9 Å². The standard InChI is InChI=1S/C12H14N2O4/c13-9(12(17)18)5-6-11(16)14-10-4-2-1-3-8(10)7-15/h1-4,7,9H,5-6,13H2,(H,14,16)(H,17,18)/t9-/m1/s1. The summed E-state index contributed by atoms with van der Waals surface area (Å²) in [6.45, 7) is 0. The van der Waals surface area contributed by atoms with Gasteiger partial charge >= 0.3 is 5.97 Å². The maximum absolute atomic E-state index is 11.5. The van der Waals surface area contributed by atoms with Gasteiger partial charge < -0.3 is 16.2 Å². The Labute approximate surface area is 104 Å². The van der Waals surface area contributed by atoms with Crippen molar-refractivity contribution in [3.63, 3.8) is 0 Å². The van der Waals surface area contributed by atoms with E-state index in [0.717, 1.165) is 0 Å². The predicted octanol–water partition coefficient (Wildman–Crippen LogP) is 0.630. The van der Waals surface area contributed by atoms with E-state index >= 15 is 0 Å². The number of rotatable bonds is 6. The van der Waals surface area contributed by atoms with E-state index in [-0.39, 0.29) is 18.7 Å². The third kappa shape index (κ3) is 3.99. The molecule has 0 radical (unpaired) electrons. The molecule has 0 saturated carbocycles. The number of nitrogens with two attached hydrogens (primary N) is 1. The number of anilines is 1. The Morgan fingerprint density at radius 3 is 2.67 bits per heavy atom. The molecule has 0 unspecified atom stereocenters. The average molecular weight is 250 g/mol. The lowest BCUT2D eigenvalue weighted by Crippen LogP contribution is -2.31. The highest BCUT2D eigenvalue weighted by molar-refractivity contribution is 5.96. The number of carbonyl (C=O) groups excluding carboxylic acids is 2. The molecule has 0 aliphatic rings. The van der Waals surface area contributed by atoms with E-state index < -0.39 is 12.0 Å². The number of aldehydes is 1. The van der Waals surface area contributed by atoms with Gasteiger partial charge in [-0.1, -0.05) is 12.1 Å². The van der Waals surface area contributed by atoms with Crippen LogP contribution in [0.3, 0.4) is 0 Å². The fourth-order valence-electron chi connectivity index (χ4n) is 1.34. The molecule has 1 rings (SSSR count). The van der Waals surface area contributed by atoms with E-state index in [2.05, 4.69) is 5.32 Å². The number of benzene rings is 1. The van der Waals surface area contributed by atoms with E-state index in [4.69, 9.17) is 10.8 Å². The van der Waals surface area contributed by atoms with Gasteiger partial charge in [0.2, 0.25) is 5.91 Å². The molecule has 0 heterocycles. The van der Waals surface area contributed by atoms with Crippen LogP contribution >= 0.6 is 0 Å². The average Bonchev–Trinajstić information content (AvgIpc) is 2.36. The van der Waals surface area contributed by atoms with Crippen molar-refractivity contribution in [1.29, 1.82) is 0 Å². The van der Waals surface area contributed by atoms with Gasteiger partial charge in [-0.15, -0.1) is 0 Å². The molecule has 0 aromatic heterocycles. The van der Waals surface area contributed by atoms with Crippen molar-refractivity contribution < 1.29 is 19.5 Å². The smallest absolute Gasteiger partial charge is 0.320 e. The molecule has 18 heavy (non-hydrogen) atoms. The van der Waals surface area contributed by atoms with Gasteiger partial charge in [-0.2, -0.15) is 0 Å². The van der Waals surface area contributed by atoms with E-state index in [9.17, 15) is 14.4 Å². The predicted molar refractivity (Wildman–Crippen MR) is 65.3 cm³/mol. The largest absolute Gasteiger partial charge is 0.480 e. The normalized spacial score (nSPS) is 11.6.